The maximum absolute atomic E-state index is 5.40. The summed E-state index contributed by atoms with van der Waals surface area (Å²) in [6.07, 6.45) is 0. The van der Waals surface area contributed by atoms with Crippen LogP contribution < -0.4 is 0 Å². The average Bonchev–Trinajstić information content (AvgIpc) is 3.73. The molecule has 0 N–H and O–H groups in total. The molecule has 0 spiro atoms. The summed E-state index contributed by atoms with van der Waals surface area (Å²) in [5.74, 6) is 0.824. The highest BCUT2D eigenvalue weighted by Gasteiger charge is 2.22. The van der Waals surface area contributed by atoms with Crippen molar-refractivity contribution in [3.8, 4) is 28.2 Å². The minimum Gasteiger partial charge on any atom is -0.279 e. The number of rotatable bonds is 3. The van der Waals surface area contributed by atoms with Gasteiger partial charge in [-0.05, 0) is 80.2 Å². The van der Waals surface area contributed by atoms with E-state index in [1.165, 1.54) is 54.6 Å². The molecule has 0 radical (unpaired) electrons. The van der Waals surface area contributed by atoms with Crippen LogP contribution in [0.2, 0.25) is 0 Å². The van der Waals surface area contributed by atoms with Crippen molar-refractivity contribution in [2.24, 2.45) is 0 Å². The Bertz CT molecular complexity index is 3090. The van der Waals surface area contributed by atoms with Crippen LogP contribution in [0.5, 0.6) is 0 Å². The van der Waals surface area contributed by atoms with E-state index in [9.17, 15) is 0 Å². The van der Waals surface area contributed by atoms with Gasteiger partial charge in [0.1, 0.15) is 5.65 Å². The Balaban J connectivity index is 1.29. The normalized spacial score (nSPS) is 12.0. The van der Waals surface area contributed by atoms with E-state index in [1.807, 2.05) is 0 Å². The molecule has 50 heavy (non-hydrogen) atoms. The third-order valence-corrected chi connectivity index (χ3v) is 10.3. The zero-order valence-corrected chi connectivity index (χ0v) is 27.0. The van der Waals surface area contributed by atoms with Gasteiger partial charge in [-0.25, -0.2) is 9.97 Å². The first-order valence-corrected chi connectivity index (χ1v) is 17.0. The van der Waals surface area contributed by atoms with Crippen molar-refractivity contribution in [1.29, 1.82) is 0 Å². The largest absolute Gasteiger partial charge is 0.279 e. The van der Waals surface area contributed by atoms with Gasteiger partial charge in [0.2, 0.25) is 5.95 Å². The number of imidazole rings is 1. The highest BCUT2D eigenvalue weighted by atomic mass is 15.2. The zero-order chi connectivity index (χ0) is 32.8. The van der Waals surface area contributed by atoms with Crippen molar-refractivity contribution in [3.63, 3.8) is 0 Å². The first-order chi connectivity index (χ1) is 24.8. The molecular weight excluding hydrogens is 609 g/mol. The van der Waals surface area contributed by atoms with Gasteiger partial charge in [0.05, 0.1) is 27.6 Å². The van der Waals surface area contributed by atoms with Crippen LogP contribution in [0.1, 0.15) is 0 Å². The topological polar surface area (TPSA) is 35.1 Å². The molecule has 0 amide bonds. The number of hydrogen-bond donors (Lipinski definition) is 0. The molecule has 11 rings (SSSR count). The minimum absolute atomic E-state index is 0.824. The van der Waals surface area contributed by atoms with E-state index in [-0.39, 0.29) is 0 Å². The molecule has 0 saturated carbocycles. The lowest BCUT2D eigenvalue weighted by Gasteiger charge is -2.18. The number of benzene rings is 8. The monoisotopic (exact) mass is 636 g/mol. The molecule has 3 heterocycles. The molecule has 0 saturated heterocycles. The Morgan fingerprint density at radius 2 is 0.860 bits per heavy atom. The number of para-hydroxylation sites is 4. The number of hydrogen-bond acceptors (Lipinski definition) is 2. The van der Waals surface area contributed by atoms with Crippen molar-refractivity contribution in [2.45, 2.75) is 0 Å². The molecular formula is C46H28N4. The predicted molar refractivity (Wildman–Crippen MR) is 208 cm³/mol. The van der Waals surface area contributed by atoms with Gasteiger partial charge in [-0.15, -0.1) is 0 Å². The summed E-state index contributed by atoms with van der Waals surface area (Å²) < 4.78 is 4.57. The van der Waals surface area contributed by atoms with Crippen LogP contribution >= 0.6 is 0 Å². The molecule has 0 unspecified atom stereocenters. The fourth-order valence-corrected chi connectivity index (χ4v) is 8.17. The van der Waals surface area contributed by atoms with Crippen LogP contribution in [0, 0.1) is 0 Å². The van der Waals surface area contributed by atoms with E-state index in [2.05, 4.69) is 179 Å². The summed E-state index contributed by atoms with van der Waals surface area (Å²) in [6, 6.07) is 60.8. The number of nitrogens with zero attached hydrogens (tertiary/aromatic N) is 4. The van der Waals surface area contributed by atoms with Crippen molar-refractivity contribution >= 4 is 70.9 Å². The Hall–Kier alpha value is -6.78. The van der Waals surface area contributed by atoms with Gasteiger partial charge in [-0.1, -0.05) is 133 Å². The van der Waals surface area contributed by atoms with Gasteiger partial charge < -0.3 is 0 Å². The van der Waals surface area contributed by atoms with Crippen LogP contribution in [0.15, 0.2) is 170 Å². The summed E-state index contributed by atoms with van der Waals surface area (Å²) >= 11 is 0. The third kappa shape index (κ3) is 3.76. The average molecular weight is 637 g/mol. The van der Waals surface area contributed by atoms with E-state index in [0.29, 0.717) is 0 Å². The maximum atomic E-state index is 5.40. The van der Waals surface area contributed by atoms with Crippen LogP contribution in [-0.4, -0.2) is 18.9 Å². The SMILES string of the molecule is c1ccc(-c2c3ccccc3c(-c3ccc4c5ccccc5n(-c5nc6ccccc6c6nc7ccccc7n56)c4c3)c3ccccc23)cc1. The van der Waals surface area contributed by atoms with Gasteiger partial charge in [0.15, 0.2) is 0 Å². The van der Waals surface area contributed by atoms with E-state index in [0.717, 1.165) is 44.6 Å². The molecule has 232 valence electrons. The Kier molecular flexibility index (Phi) is 5.63. The fourth-order valence-electron chi connectivity index (χ4n) is 8.17. The van der Waals surface area contributed by atoms with Gasteiger partial charge in [0.25, 0.3) is 0 Å². The highest BCUT2D eigenvalue weighted by molar-refractivity contribution is 6.22. The lowest BCUT2D eigenvalue weighted by atomic mass is 9.86. The molecule has 4 heteroatoms. The molecule has 0 aliphatic heterocycles. The molecule has 4 nitrogen and oxygen atoms in total. The summed E-state index contributed by atoms with van der Waals surface area (Å²) in [4.78, 5) is 10.6. The summed E-state index contributed by atoms with van der Waals surface area (Å²) in [6.45, 7) is 0. The lowest BCUT2D eigenvalue weighted by molar-refractivity contribution is 0.979. The number of fused-ring (bicyclic) bond motifs is 10. The molecule has 0 aliphatic carbocycles. The van der Waals surface area contributed by atoms with Crippen molar-refractivity contribution < 1.29 is 0 Å². The summed E-state index contributed by atoms with van der Waals surface area (Å²) in [5.41, 5.74) is 10.9. The van der Waals surface area contributed by atoms with Crippen LogP contribution in [-0.2, 0) is 0 Å². The van der Waals surface area contributed by atoms with E-state index in [1.54, 1.807) is 0 Å². The first-order valence-electron chi connectivity index (χ1n) is 17.0. The second kappa shape index (κ2) is 10.4. The number of aromatic nitrogens is 4. The van der Waals surface area contributed by atoms with Gasteiger partial charge in [-0.3, -0.25) is 8.97 Å². The molecule has 0 aliphatic rings. The van der Waals surface area contributed by atoms with E-state index < -0.39 is 0 Å². The lowest BCUT2D eigenvalue weighted by Crippen LogP contribution is -2.06. The summed E-state index contributed by atoms with van der Waals surface area (Å²) in [7, 11) is 0. The second-order valence-corrected chi connectivity index (χ2v) is 13.0. The van der Waals surface area contributed by atoms with Crippen molar-refractivity contribution in [3.05, 3.63) is 170 Å². The highest BCUT2D eigenvalue weighted by Crippen LogP contribution is 2.45. The Labute approximate surface area is 287 Å². The van der Waals surface area contributed by atoms with Gasteiger partial charge in [0, 0.05) is 16.2 Å². The zero-order valence-electron chi connectivity index (χ0n) is 27.0. The second-order valence-electron chi connectivity index (χ2n) is 13.0. The van der Waals surface area contributed by atoms with Crippen LogP contribution in [0.3, 0.4) is 0 Å². The molecule has 0 atom stereocenters. The van der Waals surface area contributed by atoms with Crippen molar-refractivity contribution in [2.75, 3.05) is 0 Å². The smallest absolute Gasteiger partial charge is 0.221 e. The summed E-state index contributed by atoms with van der Waals surface area (Å²) in [5, 5.41) is 8.37. The quantitative estimate of drug-likeness (QED) is 0.181. The standard InChI is InChI=1S/C46H28N4/c1-2-14-29(15-3-1)43-33-17-4-6-19-35(33)44(36-20-7-5-18-34(36)43)30-26-27-32-31-16-9-12-24-40(31)49(42(32)28-30)46-48-38-22-10-8-21-37(38)45-47-39-23-11-13-25-41(39)50(45)46/h1-28H. The molecule has 0 bridgehead atoms. The van der Waals surface area contributed by atoms with Gasteiger partial charge in [-0.2, -0.15) is 0 Å². The predicted octanol–water partition coefficient (Wildman–Crippen LogP) is 11.8. The van der Waals surface area contributed by atoms with Crippen LogP contribution in [0.25, 0.3) is 99.1 Å². The van der Waals surface area contributed by atoms with Gasteiger partial charge >= 0.3 is 0 Å². The minimum atomic E-state index is 0.824. The maximum Gasteiger partial charge on any atom is 0.221 e. The third-order valence-electron chi connectivity index (χ3n) is 10.3. The molecule has 11 aromatic rings. The molecule has 8 aromatic carbocycles. The Morgan fingerprint density at radius 1 is 0.340 bits per heavy atom. The fraction of sp³-hybridized carbons (Fsp3) is 0. The van der Waals surface area contributed by atoms with E-state index >= 15 is 0 Å². The van der Waals surface area contributed by atoms with E-state index in [4.69, 9.17) is 9.97 Å². The van der Waals surface area contributed by atoms with Crippen LogP contribution in [0.4, 0.5) is 0 Å². The first kappa shape index (κ1) is 27.2. The molecule has 3 aromatic heterocycles. The van der Waals surface area contributed by atoms with Crippen molar-refractivity contribution in [1.82, 2.24) is 18.9 Å². The Morgan fingerprint density at radius 3 is 1.56 bits per heavy atom. The molecule has 0 fully saturated rings.